The minimum absolute atomic E-state index is 0.0482. The van der Waals surface area contributed by atoms with E-state index in [1.807, 2.05) is 11.0 Å². The molecule has 0 aliphatic carbocycles. The number of hydrogen-bond donors (Lipinski definition) is 1. The number of carboxylic acid groups (broad SMARTS) is 1. The van der Waals surface area contributed by atoms with Gasteiger partial charge in [0.2, 0.25) is 5.91 Å². The fraction of sp³-hybridized carbons (Fsp3) is 0.600. The van der Waals surface area contributed by atoms with Gasteiger partial charge in [-0.1, -0.05) is 12.1 Å². The molecule has 3 heterocycles. The molecular formula is C15H23N7O4. The molecule has 0 aromatic carbocycles. The van der Waals surface area contributed by atoms with Gasteiger partial charge in [-0.25, -0.2) is 4.68 Å². The van der Waals surface area contributed by atoms with Gasteiger partial charge in [-0.2, -0.15) is 0 Å². The van der Waals surface area contributed by atoms with E-state index < -0.39 is 0 Å². The molecule has 3 rings (SSSR count). The van der Waals surface area contributed by atoms with Crippen LogP contribution in [0.25, 0.3) is 0 Å². The van der Waals surface area contributed by atoms with E-state index in [1.165, 1.54) is 11.0 Å². The number of tetrazole rings is 1. The normalized spacial score (nSPS) is 15.0. The van der Waals surface area contributed by atoms with Gasteiger partial charge in [0.25, 0.3) is 6.47 Å². The maximum Gasteiger partial charge on any atom is 0.290 e. The summed E-state index contributed by atoms with van der Waals surface area (Å²) >= 11 is 0. The molecule has 1 saturated heterocycles. The lowest BCUT2D eigenvalue weighted by molar-refractivity contribution is -0.132. The summed E-state index contributed by atoms with van der Waals surface area (Å²) in [4.78, 5) is 24.8. The standard InChI is InChI=1S/C14H21N7O2.CH2O2/c1-2-12-8-13(23-16-12)9-19-4-3-5-20(7-6-19)14(22)10-21-11-15-17-18-21;2-1-3/h8,11H,2-7,9-10H2,1H3;1H,(H,2,3). The average molecular weight is 365 g/mol. The minimum Gasteiger partial charge on any atom is -0.483 e. The quantitative estimate of drug-likeness (QED) is 0.707. The minimum atomic E-state index is -0.250. The lowest BCUT2D eigenvalue weighted by Gasteiger charge is -2.21. The Balaban J connectivity index is 0.000000758. The van der Waals surface area contributed by atoms with Crippen LogP contribution in [0.15, 0.2) is 16.9 Å². The van der Waals surface area contributed by atoms with Crippen LogP contribution in [-0.4, -0.2) is 78.8 Å². The highest BCUT2D eigenvalue weighted by Gasteiger charge is 2.20. The van der Waals surface area contributed by atoms with Crippen molar-refractivity contribution >= 4 is 12.4 Å². The van der Waals surface area contributed by atoms with Crippen molar-refractivity contribution in [3.8, 4) is 0 Å². The van der Waals surface area contributed by atoms with Gasteiger partial charge in [-0.3, -0.25) is 14.5 Å². The molecule has 0 atom stereocenters. The lowest BCUT2D eigenvalue weighted by Crippen LogP contribution is -2.37. The summed E-state index contributed by atoms with van der Waals surface area (Å²) in [5, 5.41) is 21.7. The molecule has 1 N–H and O–H groups in total. The van der Waals surface area contributed by atoms with Crippen LogP contribution < -0.4 is 0 Å². The Hall–Kier alpha value is -2.82. The first-order valence-electron chi connectivity index (χ1n) is 8.39. The van der Waals surface area contributed by atoms with Gasteiger partial charge in [0.05, 0.1) is 12.2 Å². The first kappa shape index (κ1) is 19.5. The lowest BCUT2D eigenvalue weighted by atomic mass is 10.3. The second-order valence-corrected chi connectivity index (χ2v) is 5.76. The van der Waals surface area contributed by atoms with Crippen molar-refractivity contribution in [2.45, 2.75) is 32.9 Å². The molecule has 2 aromatic rings. The van der Waals surface area contributed by atoms with Crippen molar-refractivity contribution in [3.05, 3.63) is 23.8 Å². The monoisotopic (exact) mass is 365 g/mol. The highest BCUT2D eigenvalue weighted by Crippen LogP contribution is 2.11. The van der Waals surface area contributed by atoms with Gasteiger partial charge in [-0.05, 0) is 23.3 Å². The third kappa shape index (κ3) is 5.92. The fourth-order valence-corrected chi connectivity index (χ4v) is 2.69. The maximum atomic E-state index is 12.3. The van der Waals surface area contributed by atoms with Crippen molar-refractivity contribution in [2.24, 2.45) is 0 Å². The van der Waals surface area contributed by atoms with Crippen LogP contribution in [0, 0.1) is 0 Å². The van der Waals surface area contributed by atoms with E-state index in [0.29, 0.717) is 6.54 Å². The average Bonchev–Trinajstić information content (AvgIpc) is 3.24. The van der Waals surface area contributed by atoms with E-state index in [4.69, 9.17) is 14.4 Å². The Labute approximate surface area is 150 Å². The molecule has 11 nitrogen and oxygen atoms in total. The SMILES string of the molecule is CCc1cc(CN2CCCN(C(=O)Cn3cnnn3)CC2)on1.O=CO. The van der Waals surface area contributed by atoms with Crippen LogP contribution in [0.5, 0.6) is 0 Å². The first-order valence-corrected chi connectivity index (χ1v) is 8.39. The van der Waals surface area contributed by atoms with E-state index in [1.54, 1.807) is 0 Å². The number of hydrogen-bond acceptors (Lipinski definition) is 8. The van der Waals surface area contributed by atoms with E-state index >= 15 is 0 Å². The second-order valence-electron chi connectivity index (χ2n) is 5.76. The predicted molar refractivity (Wildman–Crippen MR) is 88.9 cm³/mol. The fourth-order valence-electron chi connectivity index (χ4n) is 2.69. The van der Waals surface area contributed by atoms with Crippen LogP contribution in [0.4, 0.5) is 0 Å². The number of carbonyl (C=O) groups excluding carboxylic acids is 1. The predicted octanol–water partition coefficient (Wildman–Crippen LogP) is -0.341. The third-order valence-corrected chi connectivity index (χ3v) is 3.98. The molecule has 0 saturated carbocycles. The molecule has 1 amide bonds. The second kappa shape index (κ2) is 10.2. The van der Waals surface area contributed by atoms with Crippen LogP contribution >= 0.6 is 0 Å². The Kier molecular flexibility index (Phi) is 7.68. The summed E-state index contributed by atoms with van der Waals surface area (Å²) in [6.07, 6.45) is 3.27. The summed E-state index contributed by atoms with van der Waals surface area (Å²) in [5.41, 5.74) is 0.980. The molecule has 26 heavy (non-hydrogen) atoms. The molecule has 11 heteroatoms. The molecule has 0 unspecified atom stereocenters. The van der Waals surface area contributed by atoms with Crippen molar-refractivity contribution in [1.29, 1.82) is 0 Å². The Bertz CT molecular complexity index is 673. The summed E-state index contributed by atoms with van der Waals surface area (Å²) < 4.78 is 6.80. The van der Waals surface area contributed by atoms with Gasteiger partial charge in [-0.15, -0.1) is 5.10 Å². The zero-order valence-electron chi connectivity index (χ0n) is 14.7. The molecule has 2 aromatic heterocycles. The molecule has 0 spiro atoms. The molecule has 142 valence electrons. The number of nitrogens with zero attached hydrogens (tertiary/aromatic N) is 7. The summed E-state index contributed by atoms with van der Waals surface area (Å²) in [6, 6.07) is 2.01. The highest BCUT2D eigenvalue weighted by atomic mass is 16.5. The van der Waals surface area contributed by atoms with Gasteiger partial charge in [0, 0.05) is 32.2 Å². The zero-order chi connectivity index (χ0) is 18.8. The van der Waals surface area contributed by atoms with E-state index in [0.717, 1.165) is 50.5 Å². The number of aryl methyl sites for hydroxylation is 1. The van der Waals surface area contributed by atoms with Gasteiger partial charge in [0.15, 0.2) is 5.76 Å². The topological polar surface area (TPSA) is 130 Å². The summed E-state index contributed by atoms with van der Waals surface area (Å²) in [5.74, 6) is 0.933. The van der Waals surface area contributed by atoms with Crippen LogP contribution in [0.1, 0.15) is 24.8 Å². The molecule has 1 aliphatic heterocycles. The van der Waals surface area contributed by atoms with Crippen molar-refractivity contribution in [1.82, 2.24) is 35.2 Å². The molecule has 0 radical (unpaired) electrons. The largest absolute Gasteiger partial charge is 0.483 e. The third-order valence-electron chi connectivity index (χ3n) is 3.98. The van der Waals surface area contributed by atoms with E-state index in [9.17, 15) is 4.79 Å². The van der Waals surface area contributed by atoms with Gasteiger partial charge >= 0.3 is 0 Å². The maximum absolute atomic E-state index is 12.3. The van der Waals surface area contributed by atoms with Gasteiger partial charge in [0.1, 0.15) is 12.9 Å². The Morgan fingerprint density at radius 3 is 2.81 bits per heavy atom. The van der Waals surface area contributed by atoms with Crippen LogP contribution in [0.2, 0.25) is 0 Å². The molecule has 1 fully saturated rings. The van der Waals surface area contributed by atoms with E-state index in [2.05, 4.69) is 32.5 Å². The van der Waals surface area contributed by atoms with Crippen molar-refractivity contribution in [2.75, 3.05) is 26.2 Å². The first-order chi connectivity index (χ1) is 12.7. The van der Waals surface area contributed by atoms with Gasteiger partial charge < -0.3 is 14.5 Å². The highest BCUT2D eigenvalue weighted by molar-refractivity contribution is 5.75. The van der Waals surface area contributed by atoms with Crippen molar-refractivity contribution < 1.29 is 19.2 Å². The number of rotatable bonds is 5. The summed E-state index contributed by atoms with van der Waals surface area (Å²) in [7, 11) is 0. The molecule has 1 aliphatic rings. The Morgan fingerprint density at radius 2 is 2.15 bits per heavy atom. The van der Waals surface area contributed by atoms with Crippen molar-refractivity contribution in [3.63, 3.8) is 0 Å². The number of carbonyl (C=O) groups is 2. The van der Waals surface area contributed by atoms with Crippen LogP contribution in [0.3, 0.4) is 0 Å². The number of amides is 1. The smallest absolute Gasteiger partial charge is 0.290 e. The number of aromatic nitrogens is 5. The van der Waals surface area contributed by atoms with Crippen LogP contribution in [-0.2, 0) is 29.1 Å². The Morgan fingerprint density at radius 1 is 1.35 bits per heavy atom. The van der Waals surface area contributed by atoms with E-state index in [-0.39, 0.29) is 18.9 Å². The summed E-state index contributed by atoms with van der Waals surface area (Å²) in [6.45, 7) is 5.96. The molecule has 0 bridgehead atoms. The zero-order valence-corrected chi connectivity index (χ0v) is 14.7. The molecular weight excluding hydrogens is 342 g/mol.